The molecule has 0 aliphatic carbocycles. The van der Waals surface area contributed by atoms with Crippen LogP contribution in [0.25, 0.3) is 11.0 Å². The van der Waals surface area contributed by atoms with Crippen LogP contribution in [0.2, 0.25) is 0 Å². The largest absolute Gasteiger partial charge is 0.433 e. The Balaban J connectivity index is 1.44. The fraction of sp³-hybridized carbons (Fsp3) is 0.227. The molecular formula is C22H20F3N5. The van der Waals surface area contributed by atoms with E-state index < -0.39 is 11.9 Å². The van der Waals surface area contributed by atoms with Crippen LogP contribution in [0.3, 0.4) is 0 Å². The summed E-state index contributed by atoms with van der Waals surface area (Å²) in [4.78, 5) is 15.6. The molecule has 0 fully saturated rings. The second-order valence-electron chi connectivity index (χ2n) is 7.31. The van der Waals surface area contributed by atoms with Gasteiger partial charge in [-0.25, -0.2) is 9.97 Å². The van der Waals surface area contributed by atoms with Crippen LogP contribution in [-0.4, -0.2) is 19.9 Å². The van der Waals surface area contributed by atoms with Crippen LogP contribution in [0.4, 0.5) is 19.0 Å². The quantitative estimate of drug-likeness (QED) is 0.474. The molecule has 30 heavy (non-hydrogen) atoms. The third-order valence-corrected chi connectivity index (χ3v) is 4.86. The zero-order valence-corrected chi connectivity index (χ0v) is 16.5. The van der Waals surface area contributed by atoms with Gasteiger partial charge in [0, 0.05) is 43.1 Å². The predicted octanol–water partition coefficient (Wildman–Crippen LogP) is 5.19. The van der Waals surface area contributed by atoms with Crippen LogP contribution in [0.5, 0.6) is 0 Å². The molecular weight excluding hydrogens is 391 g/mol. The molecule has 0 unspecified atom stereocenters. The molecule has 0 saturated heterocycles. The zero-order valence-electron chi connectivity index (χ0n) is 16.5. The number of pyridine rings is 3. The van der Waals surface area contributed by atoms with Crippen LogP contribution in [-0.2, 0) is 19.1 Å². The van der Waals surface area contributed by atoms with E-state index in [2.05, 4.69) is 37.4 Å². The molecule has 0 aromatic carbocycles. The van der Waals surface area contributed by atoms with Crippen LogP contribution in [0.1, 0.15) is 33.5 Å². The van der Waals surface area contributed by atoms with E-state index in [1.807, 2.05) is 32.4 Å². The van der Waals surface area contributed by atoms with E-state index in [0.29, 0.717) is 17.9 Å². The molecule has 2 N–H and O–H groups in total. The number of alkyl halides is 3. The number of anilines is 1. The number of nitrogens with one attached hydrogen (secondary N) is 2. The lowest BCUT2D eigenvalue weighted by Crippen LogP contribution is -2.09. The molecule has 4 aromatic heterocycles. The first-order chi connectivity index (χ1) is 14.3. The lowest BCUT2D eigenvalue weighted by Gasteiger charge is -2.11. The molecule has 0 bridgehead atoms. The summed E-state index contributed by atoms with van der Waals surface area (Å²) in [6.45, 7) is 4.30. The zero-order chi connectivity index (χ0) is 21.3. The van der Waals surface area contributed by atoms with Gasteiger partial charge < -0.3 is 10.3 Å². The minimum absolute atomic E-state index is 0.339. The topological polar surface area (TPSA) is 66.5 Å². The molecule has 8 heteroatoms. The number of halogens is 3. The maximum absolute atomic E-state index is 12.6. The van der Waals surface area contributed by atoms with Crippen molar-refractivity contribution in [3.63, 3.8) is 0 Å². The number of fused-ring (bicyclic) bond motifs is 1. The van der Waals surface area contributed by atoms with Crippen molar-refractivity contribution in [3.05, 3.63) is 82.6 Å². The molecule has 0 saturated carbocycles. The van der Waals surface area contributed by atoms with Gasteiger partial charge in [0.15, 0.2) is 0 Å². The predicted molar refractivity (Wildman–Crippen MR) is 109 cm³/mol. The Bertz CT molecular complexity index is 1180. The summed E-state index contributed by atoms with van der Waals surface area (Å²) in [6, 6.07) is 6.57. The van der Waals surface area contributed by atoms with Gasteiger partial charge in [-0.05, 0) is 53.8 Å². The first-order valence-corrected chi connectivity index (χ1v) is 9.44. The Hall–Kier alpha value is -3.42. The van der Waals surface area contributed by atoms with Gasteiger partial charge in [0.2, 0.25) is 0 Å². The number of aryl methyl sites for hydroxylation is 2. The highest BCUT2D eigenvalue weighted by Gasteiger charge is 2.31. The highest BCUT2D eigenvalue weighted by atomic mass is 19.4. The number of rotatable bonds is 5. The van der Waals surface area contributed by atoms with Crippen molar-refractivity contribution in [1.29, 1.82) is 0 Å². The number of hydrogen-bond donors (Lipinski definition) is 2. The van der Waals surface area contributed by atoms with Crippen molar-refractivity contribution in [2.75, 3.05) is 5.32 Å². The van der Waals surface area contributed by atoms with E-state index in [1.54, 1.807) is 0 Å². The fourth-order valence-corrected chi connectivity index (χ4v) is 3.33. The Morgan fingerprint density at radius 1 is 0.967 bits per heavy atom. The van der Waals surface area contributed by atoms with E-state index in [0.717, 1.165) is 45.8 Å². The average Bonchev–Trinajstić information content (AvgIpc) is 3.09. The van der Waals surface area contributed by atoms with Gasteiger partial charge in [-0.1, -0.05) is 12.1 Å². The number of aromatic nitrogens is 4. The third-order valence-electron chi connectivity index (χ3n) is 4.86. The maximum Gasteiger partial charge on any atom is 0.433 e. The van der Waals surface area contributed by atoms with Crippen LogP contribution < -0.4 is 5.32 Å². The minimum atomic E-state index is -4.43. The molecule has 4 rings (SSSR count). The average molecular weight is 411 g/mol. The van der Waals surface area contributed by atoms with Crippen molar-refractivity contribution in [1.82, 2.24) is 19.9 Å². The molecule has 0 aliphatic heterocycles. The second kappa shape index (κ2) is 7.78. The number of H-pyrrole nitrogens is 1. The Morgan fingerprint density at radius 2 is 1.77 bits per heavy atom. The van der Waals surface area contributed by atoms with Crippen LogP contribution >= 0.6 is 0 Å². The summed E-state index contributed by atoms with van der Waals surface area (Å²) in [7, 11) is 0. The normalized spacial score (nSPS) is 11.8. The molecule has 154 valence electrons. The van der Waals surface area contributed by atoms with E-state index in [-0.39, 0.29) is 0 Å². The summed E-state index contributed by atoms with van der Waals surface area (Å²) in [5.41, 5.74) is 4.90. The van der Waals surface area contributed by atoms with Crippen molar-refractivity contribution in [2.24, 2.45) is 0 Å². The molecule has 0 atom stereocenters. The monoisotopic (exact) mass is 411 g/mol. The van der Waals surface area contributed by atoms with Crippen molar-refractivity contribution in [3.8, 4) is 0 Å². The van der Waals surface area contributed by atoms with Gasteiger partial charge in [0.1, 0.15) is 17.2 Å². The Morgan fingerprint density at radius 3 is 2.47 bits per heavy atom. The molecule has 0 aliphatic rings. The van der Waals surface area contributed by atoms with Gasteiger partial charge in [-0.2, -0.15) is 13.2 Å². The van der Waals surface area contributed by atoms with Gasteiger partial charge in [-0.3, -0.25) is 4.98 Å². The first kappa shape index (κ1) is 19.9. The van der Waals surface area contributed by atoms with Gasteiger partial charge in [0.25, 0.3) is 0 Å². The molecule has 0 spiro atoms. The maximum atomic E-state index is 12.6. The molecule has 4 heterocycles. The Labute approximate surface area is 171 Å². The van der Waals surface area contributed by atoms with E-state index in [9.17, 15) is 13.2 Å². The third kappa shape index (κ3) is 4.27. The SMILES string of the molecule is Cc1cnc2[nH]cc(Cc3cnc(NCc4ccc(C(F)(F)F)nc4)c(C)c3)c2c1. The smallest absolute Gasteiger partial charge is 0.366 e. The first-order valence-electron chi connectivity index (χ1n) is 9.44. The van der Waals surface area contributed by atoms with E-state index in [4.69, 9.17) is 0 Å². The van der Waals surface area contributed by atoms with Crippen molar-refractivity contribution < 1.29 is 13.2 Å². The number of hydrogen-bond acceptors (Lipinski definition) is 4. The summed E-state index contributed by atoms with van der Waals surface area (Å²) in [5.74, 6) is 0.690. The molecule has 0 radical (unpaired) electrons. The van der Waals surface area contributed by atoms with Gasteiger partial charge in [0.05, 0.1) is 0 Å². The van der Waals surface area contributed by atoms with Crippen LogP contribution in [0, 0.1) is 13.8 Å². The summed E-state index contributed by atoms with van der Waals surface area (Å²) in [5, 5.41) is 4.26. The van der Waals surface area contributed by atoms with Gasteiger partial charge in [-0.15, -0.1) is 0 Å². The van der Waals surface area contributed by atoms with E-state index in [1.165, 1.54) is 12.3 Å². The molecule has 4 aromatic rings. The van der Waals surface area contributed by atoms with Crippen molar-refractivity contribution in [2.45, 2.75) is 33.0 Å². The van der Waals surface area contributed by atoms with Gasteiger partial charge >= 0.3 is 6.18 Å². The fourth-order valence-electron chi connectivity index (χ4n) is 3.33. The van der Waals surface area contributed by atoms with Crippen LogP contribution in [0.15, 0.2) is 49.1 Å². The summed E-state index contributed by atoms with van der Waals surface area (Å²) < 4.78 is 37.8. The second-order valence-corrected chi connectivity index (χ2v) is 7.31. The molecule has 0 amide bonds. The lowest BCUT2D eigenvalue weighted by molar-refractivity contribution is -0.141. The number of aromatic amines is 1. The highest BCUT2D eigenvalue weighted by Crippen LogP contribution is 2.27. The minimum Gasteiger partial charge on any atom is -0.366 e. The Kier molecular flexibility index (Phi) is 5.15. The molecule has 5 nitrogen and oxygen atoms in total. The highest BCUT2D eigenvalue weighted by molar-refractivity contribution is 5.80. The summed E-state index contributed by atoms with van der Waals surface area (Å²) in [6.07, 6.45) is 3.13. The van der Waals surface area contributed by atoms with Crippen molar-refractivity contribution >= 4 is 16.9 Å². The number of nitrogens with zero attached hydrogens (tertiary/aromatic N) is 3. The standard InChI is InChI=1S/C22H20F3N5/c1-13-5-18-17(12-30-21(18)27-8-13)7-16-6-14(2)20(29-11-16)28-10-15-3-4-19(26-9-15)22(23,24)25/h3-6,8-9,11-12H,7,10H2,1-2H3,(H,27,30)(H,28,29). The summed E-state index contributed by atoms with van der Waals surface area (Å²) >= 11 is 0. The lowest BCUT2D eigenvalue weighted by atomic mass is 10.0. The van der Waals surface area contributed by atoms with E-state index >= 15 is 0 Å².